The van der Waals surface area contributed by atoms with Gasteiger partial charge in [-0.25, -0.2) is 0 Å². The summed E-state index contributed by atoms with van der Waals surface area (Å²) in [6.45, 7) is 0. The van der Waals surface area contributed by atoms with Crippen molar-refractivity contribution in [3.63, 3.8) is 0 Å². The lowest BCUT2D eigenvalue weighted by molar-refractivity contribution is 0.517. The van der Waals surface area contributed by atoms with E-state index >= 15 is 0 Å². The van der Waals surface area contributed by atoms with Gasteiger partial charge in [0.1, 0.15) is 0 Å². The SMILES string of the molecule is C(=C1CCC(c2ccccc2)CC1)/C(=C/c1ccccc1)c1ccccc1. The van der Waals surface area contributed by atoms with Crippen molar-refractivity contribution in [2.45, 2.75) is 31.6 Å². The number of allylic oxidation sites excluding steroid dienone is 3. The van der Waals surface area contributed by atoms with E-state index in [1.54, 1.807) is 5.57 Å². The lowest BCUT2D eigenvalue weighted by atomic mass is 9.81. The minimum absolute atomic E-state index is 0.710. The van der Waals surface area contributed by atoms with Crippen LogP contribution in [0.1, 0.15) is 48.3 Å². The van der Waals surface area contributed by atoms with Gasteiger partial charge in [-0.1, -0.05) is 103 Å². The smallest absolute Gasteiger partial charge is 0.0156 e. The number of benzene rings is 3. The molecule has 1 saturated carbocycles. The molecular formula is C27H26. The predicted molar refractivity (Wildman–Crippen MR) is 116 cm³/mol. The van der Waals surface area contributed by atoms with Crippen molar-refractivity contribution in [3.05, 3.63) is 119 Å². The van der Waals surface area contributed by atoms with Gasteiger partial charge in [-0.15, -0.1) is 0 Å². The van der Waals surface area contributed by atoms with Gasteiger partial charge in [0.15, 0.2) is 0 Å². The molecule has 0 heterocycles. The van der Waals surface area contributed by atoms with Crippen molar-refractivity contribution in [2.75, 3.05) is 0 Å². The first-order valence-electron chi connectivity index (χ1n) is 9.95. The van der Waals surface area contributed by atoms with Gasteiger partial charge in [0.25, 0.3) is 0 Å². The van der Waals surface area contributed by atoms with Crippen LogP contribution in [0, 0.1) is 0 Å². The molecule has 3 aromatic carbocycles. The van der Waals surface area contributed by atoms with Crippen LogP contribution in [0.2, 0.25) is 0 Å². The molecule has 0 radical (unpaired) electrons. The van der Waals surface area contributed by atoms with E-state index in [1.807, 2.05) is 0 Å². The van der Waals surface area contributed by atoms with Gasteiger partial charge in [-0.2, -0.15) is 0 Å². The van der Waals surface area contributed by atoms with Crippen LogP contribution in [0.3, 0.4) is 0 Å². The van der Waals surface area contributed by atoms with E-state index in [0.717, 1.165) is 0 Å². The van der Waals surface area contributed by atoms with Crippen LogP contribution in [0.25, 0.3) is 11.6 Å². The van der Waals surface area contributed by atoms with Crippen LogP contribution in [0.4, 0.5) is 0 Å². The fraction of sp³-hybridized carbons (Fsp3) is 0.185. The van der Waals surface area contributed by atoms with Gasteiger partial charge in [0.2, 0.25) is 0 Å². The molecule has 0 bridgehead atoms. The van der Waals surface area contributed by atoms with Crippen molar-refractivity contribution in [1.29, 1.82) is 0 Å². The van der Waals surface area contributed by atoms with E-state index in [2.05, 4.69) is 103 Å². The highest BCUT2D eigenvalue weighted by atomic mass is 14.2. The minimum Gasteiger partial charge on any atom is -0.0696 e. The maximum atomic E-state index is 2.43. The maximum absolute atomic E-state index is 2.43. The molecule has 0 aromatic heterocycles. The monoisotopic (exact) mass is 350 g/mol. The zero-order valence-electron chi connectivity index (χ0n) is 15.7. The first-order chi connectivity index (χ1) is 13.4. The topological polar surface area (TPSA) is 0 Å². The van der Waals surface area contributed by atoms with Crippen LogP contribution < -0.4 is 0 Å². The van der Waals surface area contributed by atoms with Crippen molar-refractivity contribution in [1.82, 2.24) is 0 Å². The van der Waals surface area contributed by atoms with E-state index in [1.165, 1.54) is 47.9 Å². The molecule has 134 valence electrons. The van der Waals surface area contributed by atoms with Crippen LogP contribution in [0.5, 0.6) is 0 Å². The summed E-state index contributed by atoms with van der Waals surface area (Å²) in [5, 5.41) is 0. The van der Waals surface area contributed by atoms with Gasteiger partial charge in [0.05, 0.1) is 0 Å². The lowest BCUT2D eigenvalue weighted by Crippen LogP contribution is -2.06. The molecule has 1 aliphatic carbocycles. The predicted octanol–water partition coefficient (Wildman–Crippen LogP) is 7.51. The third kappa shape index (κ3) is 4.65. The Balaban J connectivity index is 1.56. The first-order valence-corrected chi connectivity index (χ1v) is 9.95. The molecule has 0 saturated heterocycles. The maximum Gasteiger partial charge on any atom is -0.0156 e. The Labute approximate surface area is 162 Å². The summed E-state index contributed by atoms with van der Waals surface area (Å²) in [6, 6.07) is 32.4. The molecular weight excluding hydrogens is 324 g/mol. The zero-order chi connectivity index (χ0) is 18.3. The molecule has 1 aliphatic rings. The summed E-state index contributed by atoms with van der Waals surface area (Å²) in [6.07, 6.45) is 9.64. The van der Waals surface area contributed by atoms with Gasteiger partial charge in [-0.3, -0.25) is 0 Å². The van der Waals surface area contributed by atoms with Crippen molar-refractivity contribution in [3.8, 4) is 0 Å². The molecule has 0 aliphatic heterocycles. The molecule has 0 amide bonds. The second-order valence-electron chi connectivity index (χ2n) is 7.36. The summed E-state index contributed by atoms with van der Waals surface area (Å²) in [5.74, 6) is 0.710. The molecule has 27 heavy (non-hydrogen) atoms. The fourth-order valence-corrected chi connectivity index (χ4v) is 3.98. The second-order valence-corrected chi connectivity index (χ2v) is 7.36. The molecule has 3 aromatic rings. The molecule has 0 spiro atoms. The Bertz CT molecular complexity index is 892. The number of rotatable bonds is 4. The number of hydrogen-bond donors (Lipinski definition) is 0. The summed E-state index contributed by atoms with van der Waals surface area (Å²) >= 11 is 0. The van der Waals surface area contributed by atoms with E-state index < -0.39 is 0 Å². The molecule has 0 N–H and O–H groups in total. The summed E-state index contributed by atoms with van der Waals surface area (Å²) in [4.78, 5) is 0. The highest BCUT2D eigenvalue weighted by Gasteiger charge is 2.18. The van der Waals surface area contributed by atoms with E-state index in [9.17, 15) is 0 Å². The molecule has 1 fully saturated rings. The molecule has 0 atom stereocenters. The van der Waals surface area contributed by atoms with Gasteiger partial charge in [0, 0.05) is 0 Å². The largest absolute Gasteiger partial charge is 0.0696 e. The Morgan fingerprint density at radius 3 is 1.85 bits per heavy atom. The van der Waals surface area contributed by atoms with Crippen molar-refractivity contribution in [2.24, 2.45) is 0 Å². The van der Waals surface area contributed by atoms with Gasteiger partial charge < -0.3 is 0 Å². The van der Waals surface area contributed by atoms with Crippen LogP contribution in [-0.4, -0.2) is 0 Å². The third-order valence-electron chi connectivity index (χ3n) is 5.49. The molecule has 0 nitrogen and oxygen atoms in total. The lowest BCUT2D eigenvalue weighted by Gasteiger charge is -2.24. The van der Waals surface area contributed by atoms with E-state index in [0.29, 0.717) is 5.92 Å². The molecule has 4 rings (SSSR count). The standard InChI is InChI=1S/C27H26/c1-4-10-22(11-5-1)20-27(25-14-8-3-9-15-25)21-23-16-18-26(19-17-23)24-12-6-2-7-13-24/h1-15,20-21,26H,16-19H2/b23-21?,27-20-. The van der Waals surface area contributed by atoms with E-state index in [4.69, 9.17) is 0 Å². The second kappa shape index (κ2) is 8.68. The molecule has 0 heteroatoms. The summed E-state index contributed by atoms with van der Waals surface area (Å²) in [7, 11) is 0. The Morgan fingerprint density at radius 2 is 1.22 bits per heavy atom. The highest BCUT2D eigenvalue weighted by Crippen LogP contribution is 2.36. The van der Waals surface area contributed by atoms with Crippen molar-refractivity contribution < 1.29 is 0 Å². The highest BCUT2D eigenvalue weighted by molar-refractivity contribution is 5.87. The summed E-state index contributed by atoms with van der Waals surface area (Å²) in [5.41, 5.74) is 6.94. The summed E-state index contributed by atoms with van der Waals surface area (Å²) < 4.78 is 0. The zero-order valence-corrected chi connectivity index (χ0v) is 15.7. The quantitative estimate of drug-likeness (QED) is 0.427. The molecule has 0 unspecified atom stereocenters. The normalized spacial score (nSPS) is 17.6. The van der Waals surface area contributed by atoms with Crippen LogP contribution >= 0.6 is 0 Å². The third-order valence-corrected chi connectivity index (χ3v) is 5.49. The average molecular weight is 351 g/mol. The Morgan fingerprint density at radius 1 is 0.667 bits per heavy atom. The minimum atomic E-state index is 0.710. The first kappa shape index (κ1) is 17.5. The van der Waals surface area contributed by atoms with Gasteiger partial charge >= 0.3 is 0 Å². The fourth-order valence-electron chi connectivity index (χ4n) is 3.98. The van der Waals surface area contributed by atoms with Crippen LogP contribution in [-0.2, 0) is 0 Å². The Kier molecular flexibility index (Phi) is 5.64. The number of hydrogen-bond acceptors (Lipinski definition) is 0. The average Bonchev–Trinajstić information content (AvgIpc) is 2.76. The van der Waals surface area contributed by atoms with Crippen LogP contribution in [0.15, 0.2) is 103 Å². The van der Waals surface area contributed by atoms with E-state index in [-0.39, 0.29) is 0 Å². The van der Waals surface area contributed by atoms with Crippen molar-refractivity contribution >= 4 is 11.6 Å². The van der Waals surface area contributed by atoms with Gasteiger partial charge in [-0.05, 0) is 59.9 Å². The Hall–Kier alpha value is -2.86.